The maximum atomic E-state index is 9.91. The Labute approximate surface area is 117 Å². The van der Waals surface area contributed by atoms with Crippen molar-refractivity contribution in [2.75, 3.05) is 12.3 Å². The first kappa shape index (κ1) is 22.8. The molecule has 0 radical (unpaired) electrons. The van der Waals surface area contributed by atoms with Crippen LogP contribution in [0, 0.1) is 0 Å². The summed E-state index contributed by atoms with van der Waals surface area (Å²) in [5.74, 6) is 0. The Morgan fingerprint density at radius 2 is 1.06 bits per heavy atom. The van der Waals surface area contributed by atoms with Gasteiger partial charge in [0.25, 0.3) is 0 Å². The minimum Gasteiger partial charge on any atom is -0.596 e. The van der Waals surface area contributed by atoms with Crippen LogP contribution in [0.1, 0.15) is 52.4 Å². The van der Waals surface area contributed by atoms with E-state index in [4.69, 9.17) is 0 Å². The van der Waals surface area contributed by atoms with Crippen LogP contribution < -0.4 is 9.79 Å². The minimum atomic E-state index is -2.11. The van der Waals surface area contributed by atoms with E-state index in [-0.39, 0.29) is 17.1 Å². The molecule has 17 heavy (non-hydrogen) atoms. The van der Waals surface area contributed by atoms with Gasteiger partial charge in [-0.05, 0) is 25.7 Å². The fourth-order valence-corrected chi connectivity index (χ4v) is 1.95. The Kier molecular flexibility index (Phi) is 25.5. The second-order valence-corrected chi connectivity index (χ2v) is 5.75. The van der Waals surface area contributed by atoms with Crippen LogP contribution in [0.2, 0.25) is 0 Å². The van der Waals surface area contributed by atoms with Crippen molar-refractivity contribution in [3.63, 3.8) is 0 Å². The second-order valence-electron chi connectivity index (χ2n) is 3.53. The van der Waals surface area contributed by atoms with E-state index in [0.29, 0.717) is 12.3 Å². The summed E-state index contributed by atoms with van der Waals surface area (Å²) in [6.07, 6.45) is 6.62. The molecular formula is C10H22FeO4P2+2. The van der Waals surface area contributed by atoms with Crippen LogP contribution >= 0.6 is 16.1 Å². The summed E-state index contributed by atoms with van der Waals surface area (Å²) in [5.41, 5.74) is 0. The predicted molar refractivity (Wildman–Crippen MR) is 64.0 cm³/mol. The first-order valence-electron chi connectivity index (χ1n) is 5.78. The molecule has 7 heteroatoms. The standard InChI is InChI=1S/2C5H11O2P.Fe/c2*1-2-3-4-5-8(6)7;/h2*2-5H2,1H3;/q;;+2. The maximum Gasteiger partial charge on any atom is 2.00 e. The smallest absolute Gasteiger partial charge is 0.596 e. The van der Waals surface area contributed by atoms with Crippen LogP contribution in [0.5, 0.6) is 0 Å². The molecule has 0 saturated carbocycles. The van der Waals surface area contributed by atoms with Gasteiger partial charge in [0.05, 0.1) is 0 Å². The summed E-state index contributed by atoms with van der Waals surface area (Å²) >= 11 is 0. The molecule has 0 aromatic rings. The van der Waals surface area contributed by atoms with Gasteiger partial charge in [-0.1, -0.05) is 35.8 Å². The van der Waals surface area contributed by atoms with Gasteiger partial charge in [-0.15, -0.1) is 0 Å². The molecule has 0 heterocycles. The molecule has 0 bridgehead atoms. The molecule has 102 valence electrons. The number of hydrogen-bond donors (Lipinski definition) is 0. The van der Waals surface area contributed by atoms with Crippen LogP contribution in [-0.4, -0.2) is 12.3 Å². The molecule has 0 aromatic heterocycles. The van der Waals surface area contributed by atoms with E-state index in [9.17, 15) is 18.9 Å². The zero-order valence-corrected chi connectivity index (χ0v) is 13.4. The van der Waals surface area contributed by atoms with Crippen molar-refractivity contribution in [2.24, 2.45) is 0 Å². The van der Waals surface area contributed by atoms with Crippen molar-refractivity contribution < 1.29 is 36.0 Å². The first-order chi connectivity index (χ1) is 7.54. The molecule has 0 spiro atoms. The molecular weight excluding hydrogens is 302 g/mol. The van der Waals surface area contributed by atoms with Crippen molar-refractivity contribution in [1.82, 2.24) is 0 Å². The fourth-order valence-electron chi connectivity index (χ4n) is 0.982. The molecule has 4 nitrogen and oxygen atoms in total. The van der Waals surface area contributed by atoms with Crippen molar-refractivity contribution >= 4 is 16.1 Å². The number of hydrogen-bond acceptors (Lipinski definition) is 4. The third kappa shape index (κ3) is 31.5. The van der Waals surface area contributed by atoms with Crippen molar-refractivity contribution in [1.29, 1.82) is 0 Å². The molecule has 0 N–H and O–H groups in total. The SMILES string of the molecule is CCCCC[P+](=O)[O-].CCCCC[P+](=O)[O-].[Fe+2]. The van der Waals surface area contributed by atoms with Crippen LogP contribution in [0.15, 0.2) is 0 Å². The van der Waals surface area contributed by atoms with E-state index in [0.717, 1.165) is 38.5 Å². The third-order valence-corrected chi connectivity index (χ3v) is 3.25. The largest absolute Gasteiger partial charge is 2.00 e. The zero-order valence-electron chi connectivity index (χ0n) is 10.5. The Bertz CT molecular complexity index is 171. The summed E-state index contributed by atoms with van der Waals surface area (Å²) in [5, 5.41) is 0. The van der Waals surface area contributed by atoms with Gasteiger partial charge in [-0.3, -0.25) is 0 Å². The molecule has 2 atom stereocenters. The molecule has 0 aliphatic carbocycles. The summed E-state index contributed by atoms with van der Waals surface area (Å²) in [6.45, 7) is 4.11. The van der Waals surface area contributed by atoms with Gasteiger partial charge in [0.1, 0.15) is 12.3 Å². The third-order valence-electron chi connectivity index (χ3n) is 1.89. The first-order valence-corrected chi connectivity index (χ1v) is 8.50. The molecule has 0 amide bonds. The van der Waals surface area contributed by atoms with E-state index in [1.807, 2.05) is 0 Å². The van der Waals surface area contributed by atoms with E-state index in [1.54, 1.807) is 0 Å². The van der Waals surface area contributed by atoms with E-state index < -0.39 is 16.1 Å². The predicted octanol–water partition coefficient (Wildman–Crippen LogP) is 2.56. The summed E-state index contributed by atoms with van der Waals surface area (Å²) in [7, 11) is -4.22. The minimum absolute atomic E-state index is 0. The van der Waals surface area contributed by atoms with Gasteiger partial charge in [0.15, 0.2) is 0 Å². The Hall–Kier alpha value is 0.639. The van der Waals surface area contributed by atoms with Crippen molar-refractivity contribution in [3.8, 4) is 0 Å². The molecule has 0 aliphatic rings. The topological polar surface area (TPSA) is 80.3 Å². The number of unbranched alkanes of at least 4 members (excludes halogenated alkanes) is 4. The average molecular weight is 324 g/mol. The Balaban J connectivity index is -0.000000218. The van der Waals surface area contributed by atoms with Crippen LogP contribution in [0.3, 0.4) is 0 Å². The van der Waals surface area contributed by atoms with Gasteiger partial charge < -0.3 is 9.79 Å². The number of rotatable bonds is 8. The van der Waals surface area contributed by atoms with Crippen molar-refractivity contribution in [3.05, 3.63) is 0 Å². The molecule has 0 fully saturated rings. The maximum absolute atomic E-state index is 9.91. The van der Waals surface area contributed by atoms with Crippen LogP contribution in [0.4, 0.5) is 0 Å². The summed E-state index contributed by atoms with van der Waals surface area (Å²) in [4.78, 5) is 19.8. The van der Waals surface area contributed by atoms with Crippen LogP contribution in [0.25, 0.3) is 0 Å². The van der Waals surface area contributed by atoms with Gasteiger partial charge in [-0.25, -0.2) is 0 Å². The quantitative estimate of drug-likeness (QED) is 0.390. The van der Waals surface area contributed by atoms with Gasteiger partial charge in [-0.2, -0.15) is 0 Å². The summed E-state index contributed by atoms with van der Waals surface area (Å²) < 4.78 is 19.8. The molecule has 0 aromatic carbocycles. The van der Waals surface area contributed by atoms with E-state index >= 15 is 0 Å². The molecule has 0 saturated heterocycles. The van der Waals surface area contributed by atoms with Gasteiger partial charge in [0.2, 0.25) is 0 Å². The monoisotopic (exact) mass is 324 g/mol. The Morgan fingerprint density at radius 1 is 0.765 bits per heavy atom. The summed E-state index contributed by atoms with van der Waals surface area (Å²) in [6, 6.07) is 0. The fraction of sp³-hybridized carbons (Fsp3) is 1.00. The average Bonchev–Trinajstić information content (AvgIpc) is 2.18. The van der Waals surface area contributed by atoms with E-state index in [2.05, 4.69) is 13.8 Å². The van der Waals surface area contributed by atoms with Gasteiger partial charge >= 0.3 is 33.1 Å². The van der Waals surface area contributed by atoms with E-state index in [1.165, 1.54) is 0 Å². The normalized spacial score (nSPS) is 10.8. The van der Waals surface area contributed by atoms with Gasteiger partial charge in [0, 0.05) is 0 Å². The molecule has 2 unspecified atom stereocenters. The van der Waals surface area contributed by atoms with Crippen LogP contribution in [-0.2, 0) is 26.2 Å². The zero-order chi connectivity index (χ0) is 12.8. The Morgan fingerprint density at radius 3 is 1.24 bits per heavy atom. The van der Waals surface area contributed by atoms with Crippen molar-refractivity contribution in [2.45, 2.75) is 52.4 Å². The molecule has 0 aliphatic heterocycles. The second kappa shape index (κ2) is 19.0. The molecule has 0 rings (SSSR count).